The molecule has 32 heavy (non-hydrogen) atoms. The summed E-state index contributed by atoms with van der Waals surface area (Å²) >= 11 is 0. The van der Waals surface area contributed by atoms with E-state index in [9.17, 15) is 15.0 Å². The topological polar surface area (TPSA) is 97.7 Å². The van der Waals surface area contributed by atoms with Crippen molar-refractivity contribution in [1.82, 2.24) is 5.06 Å². The van der Waals surface area contributed by atoms with Crippen molar-refractivity contribution in [2.75, 3.05) is 13.7 Å². The Hall–Kier alpha value is -2.33. The molecule has 2 aromatic carbocycles. The Kier molecular flexibility index (Phi) is 6.90. The number of nitrogens with zero attached hydrogens (tertiary/aromatic N) is 1. The minimum Gasteiger partial charge on any atom is -0.467 e. The number of ether oxygens (including phenoxy) is 3. The van der Waals surface area contributed by atoms with Crippen molar-refractivity contribution in [2.24, 2.45) is 0 Å². The molecule has 2 aliphatic rings. The summed E-state index contributed by atoms with van der Waals surface area (Å²) in [5.74, 6) is -0.691. The molecule has 0 aromatic heterocycles. The van der Waals surface area contributed by atoms with E-state index in [4.69, 9.17) is 19.0 Å². The van der Waals surface area contributed by atoms with Gasteiger partial charge in [-0.15, -0.1) is 0 Å². The van der Waals surface area contributed by atoms with Crippen LogP contribution in [0.15, 0.2) is 60.7 Å². The molecule has 0 aliphatic carbocycles. The second kappa shape index (κ2) is 9.66. The van der Waals surface area contributed by atoms with Crippen LogP contribution in [-0.2, 0) is 30.4 Å². The Morgan fingerprint density at radius 3 is 2.50 bits per heavy atom. The van der Waals surface area contributed by atoms with E-state index in [2.05, 4.69) is 0 Å². The maximum Gasteiger partial charge on any atom is 0.343 e. The van der Waals surface area contributed by atoms with Crippen LogP contribution in [0, 0.1) is 0 Å². The Bertz CT molecular complexity index is 896. The normalized spacial score (nSPS) is 31.9. The molecule has 0 spiro atoms. The molecule has 0 saturated carbocycles. The van der Waals surface area contributed by atoms with E-state index in [1.165, 1.54) is 7.11 Å². The van der Waals surface area contributed by atoms with E-state index < -0.39 is 42.2 Å². The first-order valence-electron chi connectivity index (χ1n) is 10.7. The van der Waals surface area contributed by atoms with E-state index in [0.717, 1.165) is 5.56 Å². The van der Waals surface area contributed by atoms with Gasteiger partial charge in [0.25, 0.3) is 0 Å². The van der Waals surface area contributed by atoms with Crippen molar-refractivity contribution in [3.05, 3.63) is 71.8 Å². The van der Waals surface area contributed by atoms with Gasteiger partial charge in [0.05, 0.1) is 19.8 Å². The number of aliphatic hydroxyl groups excluding tert-OH is 2. The summed E-state index contributed by atoms with van der Waals surface area (Å²) in [6.45, 7) is 2.18. The first-order valence-corrected chi connectivity index (χ1v) is 10.7. The summed E-state index contributed by atoms with van der Waals surface area (Å²) in [7, 11) is 1.27. The maximum absolute atomic E-state index is 13.1. The molecule has 3 unspecified atom stereocenters. The van der Waals surface area contributed by atoms with Gasteiger partial charge in [-0.05, 0) is 18.1 Å². The molecule has 0 amide bonds. The molecule has 2 fully saturated rings. The highest BCUT2D eigenvalue weighted by Crippen LogP contribution is 2.44. The van der Waals surface area contributed by atoms with Crippen molar-refractivity contribution in [3.8, 4) is 0 Å². The quantitative estimate of drug-likeness (QED) is 0.654. The zero-order chi connectivity index (χ0) is 22.7. The number of benzene rings is 2. The Morgan fingerprint density at radius 2 is 1.84 bits per heavy atom. The third kappa shape index (κ3) is 4.43. The van der Waals surface area contributed by atoms with Crippen LogP contribution < -0.4 is 0 Å². The molecule has 2 aliphatic heterocycles. The molecule has 172 valence electrons. The van der Waals surface area contributed by atoms with Crippen LogP contribution in [-0.4, -0.2) is 65.1 Å². The van der Waals surface area contributed by atoms with Gasteiger partial charge < -0.3 is 24.4 Å². The van der Waals surface area contributed by atoms with Crippen LogP contribution in [0.25, 0.3) is 0 Å². The number of carbonyl (C=O) groups excluding carboxylic acids is 1. The van der Waals surface area contributed by atoms with E-state index in [-0.39, 0.29) is 13.0 Å². The average molecular weight is 443 g/mol. The van der Waals surface area contributed by atoms with Gasteiger partial charge in [-0.2, -0.15) is 5.06 Å². The van der Waals surface area contributed by atoms with Crippen molar-refractivity contribution in [3.63, 3.8) is 0 Å². The predicted octanol–water partition coefficient (Wildman–Crippen LogP) is 1.96. The lowest BCUT2D eigenvalue weighted by Crippen LogP contribution is -2.53. The van der Waals surface area contributed by atoms with Gasteiger partial charge in [-0.1, -0.05) is 60.7 Å². The SMILES string of the molecule is COC(=O)[C@]1([C@H](O)c2ccccc2)C[C@@H](C2OC(C)OCC2O)N(Cc2ccccc2)O1. The van der Waals surface area contributed by atoms with Crippen LogP contribution in [0.1, 0.15) is 30.6 Å². The van der Waals surface area contributed by atoms with Gasteiger partial charge >= 0.3 is 5.97 Å². The molecule has 0 bridgehead atoms. The largest absolute Gasteiger partial charge is 0.467 e. The molecule has 2 N–H and O–H groups in total. The highest BCUT2D eigenvalue weighted by atomic mass is 16.7. The second-order valence-corrected chi connectivity index (χ2v) is 8.19. The second-order valence-electron chi connectivity index (χ2n) is 8.19. The smallest absolute Gasteiger partial charge is 0.343 e. The fraction of sp³-hybridized carbons (Fsp3) is 0.458. The van der Waals surface area contributed by atoms with E-state index in [1.807, 2.05) is 36.4 Å². The summed E-state index contributed by atoms with van der Waals surface area (Å²) in [6.07, 6.45) is -3.34. The monoisotopic (exact) mass is 443 g/mol. The van der Waals surface area contributed by atoms with Gasteiger partial charge in [0, 0.05) is 13.0 Å². The van der Waals surface area contributed by atoms with Crippen molar-refractivity contribution in [1.29, 1.82) is 0 Å². The Balaban J connectivity index is 1.72. The molecule has 2 saturated heterocycles. The highest BCUT2D eigenvalue weighted by molar-refractivity contribution is 5.81. The lowest BCUT2D eigenvalue weighted by atomic mass is 9.84. The summed E-state index contributed by atoms with van der Waals surface area (Å²) in [5, 5.41) is 23.6. The number of aliphatic hydroxyl groups is 2. The summed E-state index contributed by atoms with van der Waals surface area (Å²) in [5.41, 5.74) is -0.220. The number of hydroxylamine groups is 2. The van der Waals surface area contributed by atoms with Crippen molar-refractivity contribution >= 4 is 5.97 Å². The number of esters is 1. The van der Waals surface area contributed by atoms with E-state index >= 15 is 0 Å². The Labute approximate surface area is 187 Å². The Morgan fingerprint density at radius 1 is 1.19 bits per heavy atom. The predicted molar refractivity (Wildman–Crippen MR) is 114 cm³/mol. The molecule has 2 heterocycles. The first-order chi connectivity index (χ1) is 15.4. The minimum absolute atomic E-state index is 0.0665. The van der Waals surface area contributed by atoms with Gasteiger partial charge in [0.1, 0.15) is 18.3 Å². The van der Waals surface area contributed by atoms with Gasteiger partial charge in [-0.3, -0.25) is 4.84 Å². The third-order valence-electron chi connectivity index (χ3n) is 6.04. The lowest BCUT2D eigenvalue weighted by molar-refractivity contribution is -0.285. The third-order valence-corrected chi connectivity index (χ3v) is 6.04. The summed E-state index contributed by atoms with van der Waals surface area (Å²) < 4.78 is 16.4. The number of methoxy groups -OCH3 is 1. The van der Waals surface area contributed by atoms with Gasteiger partial charge in [0.2, 0.25) is 5.60 Å². The molecule has 8 heteroatoms. The first kappa shape index (κ1) is 22.8. The summed E-state index contributed by atoms with van der Waals surface area (Å²) in [6, 6.07) is 17.9. The van der Waals surface area contributed by atoms with Crippen molar-refractivity contribution < 1.29 is 34.1 Å². The number of carbonyl (C=O) groups is 1. The van der Waals surface area contributed by atoms with Crippen LogP contribution >= 0.6 is 0 Å². The number of hydrogen-bond acceptors (Lipinski definition) is 8. The highest BCUT2D eigenvalue weighted by Gasteiger charge is 2.60. The molecule has 2 aromatic rings. The zero-order valence-corrected chi connectivity index (χ0v) is 18.2. The van der Waals surface area contributed by atoms with Crippen LogP contribution in [0.4, 0.5) is 0 Å². The van der Waals surface area contributed by atoms with Crippen LogP contribution in [0.2, 0.25) is 0 Å². The molecular formula is C24H29NO7. The maximum atomic E-state index is 13.1. The average Bonchev–Trinajstić information content (AvgIpc) is 3.21. The minimum atomic E-state index is -1.69. The molecule has 8 nitrogen and oxygen atoms in total. The van der Waals surface area contributed by atoms with Gasteiger partial charge in [0.15, 0.2) is 6.29 Å². The molecule has 0 radical (unpaired) electrons. The van der Waals surface area contributed by atoms with Crippen molar-refractivity contribution in [2.45, 2.75) is 56.1 Å². The fourth-order valence-corrected chi connectivity index (χ4v) is 4.42. The zero-order valence-electron chi connectivity index (χ0n) is 18.2. The van der Waals surface area contributed by atoms with E-state index in [0.29, 0.717) is 12.1 Å². The standard InChI is InChI=1S/C24H29NO7/c1-16-30-15-20(26)21(31-16)19-13-24(23(28)29-2,22(27)18-11-7-4-8-12-18)32-25(19)14-17-9-5-3-6-10-17/h3-12,16,19-22,26-27H,13-15H2,1-2H3/t16?,19-,20?,21?,22+,24+/m0/s1. The number of hydrogen-bond donors (Lipinski definition) is 2. The van der Waals surface area contributed by atoms with E-state index in [1.54, 1.807) is 36.3 Å². The summed E-state index contributed by atoms with van der Waals surface area (Å²) in [4.78, 5) is 19.3. The molecule has 6 atom stereocenters. The fourth-order valence-electron chi connectivity index (χ4n) is 4.42. The number of rotatable bonds is 6. The lowest BCUT2D eigenvalue weighted by Gasteiger charge is -2.38. The van der Waals surface area contributed by atoms with Crippen LogP contribution in [0.3, 0.4) is 0 Å². The molecule has 4 rings (SSSR count). The van der Waals surface area contributed by atoms with Gasteiger partial charge in [-0.25, -0.2) is 4.79 Å². The van der Waals surface area contributed by atoms with Crippen LogP contribution in [0.5, 0.6) is 0 Å². The molecular weight excluding hydrogens is 414 g/mol.